The van der Waals surface area contributed by atoms with E-state index in [1.807, 2.05) is 0 Å². The van der Waals surface area contributed by atoms with Crippen LogP contribution in [0.5, 0.6) is 5.75 Å². The minimum Gasteiger partial charge on any atom is -0.484 e. The molecule has 0 unspecified atom stereocenters. The van der Waals surface area contributed by atoms with Crippen LogP contribution in [-0.4, -0.2) is 50.2 Å². The number of hydrogen-bond acceptors (Lipinski definition) is 6. The lowest BCUT2D eigenvalue weighted by Crippen LogP contribution is -2.41. The number of alkyl halides is 3. The van der Waals surface area contributed by atoms with Gasteiger partial charge in [0, 0.05) is 42.2 Å². The number of carbonyl (C=O) groups is 2. The molecule has 0 saturated carbocycles. The van der Waals surface area contributed by atoms with E-state index in [1.54, 1.807) is 37.3 Å². The Labute approximate surface area is 272 Å². The first-order chi connectivity index (χ1) is 21.9. The van der Waals surface area contributed by atoms with Crippen LogP contribution in [0.25, 0.3) is 16.8 Å². The van der Waals surface area contributed by atoms with Crippen molar-refractivity contribution in [2.75, 3.05) is 13.2 Å². The highest BCUT2D eigenvalue weighted by Crippen LogP contribution is 2.27. The SMILES string of the molecule is Cc1nc2c(CNC(=O)c3c4n(c(=O)n3-c3ccc(OCC(F)(F)F)cc3)CCN(C(=O)c3ccc(Br)c(Cl)c3)C4)cccc2o1. The van der Waals surface area contributed by atoms with Gasteiger partial charge in [0.1, 0.15) is 17.0 Å². The van der Waals surface area contributed by atoms with Crippen molar-refractivity contribution in [3.63, 3.8) is 0 Å². The zero-order valence-corrected chi connectivity index (χ0v) is 26.4. The first-order valence-corrected chi connectivity index (χ1v) is 15.1. The van der Waals surface area contributed by atoms with Gasteiger partial charge in [-0.3, -0.25) is 18.7 Å². The van der Waals surface area contributed by atoms with Gasteiger partial charge in [-0.05, 0) is 64.5 Å². The first-order valence-electron chi connectivity index (χ1n) is 13.9. The molecule has 0 aliphatic carbocycles. The summed E-state index contributed by atoms with van der Waals surface area (Å²) >= 11 is 9.53. The second-order valence-electron chi connectivity index (χ2n) is 10.5. The van der Waals surface area contributed by atoms with E-state index in [2.05, 4.69) is 26.2 Å². The molecule has 5 aromatic rings. The molecule has 1 aliphatic rings. The molecule has 3 aromatic carbocycles. The van der Waals surface area contributed by atoms with Crippen LogP contribution in [0.3, 0.4) is 0 Å². The van der Waals surface area contributed by atoms with E-state index >= 15 is 0 Å². The van der Waals surface area contributed by atoms with E-state index < -0.39 is 24.4 Å². The highest BCUT2D eigenvalue weighted by molar-refractivity contribution is 9.10. The molecule has 0 spiro atoms. The predicted octanol–water partition coefficient (Wildman–Crippen LogP) is 6.03. The van der Waals surface area contributed by atoms with E-state index in [1.165, 1.54) is 44.4 Å². The zero-order valence-electron chi connectivity index (χ0n) is 24.0. The van der Waals surface area contributed by atoms with Crippen LogP contribution < -0.4 is 15.7 Å². The topological polar surface area (TPSA) is 112 Å². The molecule has 0 saturated heterocycles. The Morgan fingerprint density at radius 1 is 1.11 bits per heavy atom. The fraction of sp³-hybridized carbons (Fsp3) is 0.226. The number of nitrogens with zero attached hydrogens (tertiary/aromatic N) is 4. The van der Waals surface area contributed by atoms with Gasteiger partial charge >= 0.3 is 11.9 Å². The van der Waals surface area contributed by atoms with Gasteiger partial charge in [0.2, 0.25) is 0 Å². The van der Waals surface area contributed by atoms with Gasteiger partial charge in [-0.1, -0.05) is 23.7 Å². The Bertz CT molecular complexity index is 2040. The third kappa shape index (κ3) is 6.27. The number of hydrogen-bond donors (Lipinski definition) is 1. The molecule has 10 nitrogen and oxygen atoms in total. The number of oxazole rings is 1. The molecule has 0 bridgehead atoms. The highest BCUT2D eigenvalue weighted by Gasteiger charge is 2.33. The summed E-state index contributed by atoms with van der Waals surface area (Å²) in [6.07, 6.45) is -4.53. The first kappa shape index (κ1) is 31.4. The number of amides is 2. The van der Waals surface area contributed by atoms with Crippen LogP contribution in [0.15, 0.2) is 74.3 Å². The molecule has 46 heavy (non-hydrogen) atoms. The summed E-state index contributed by atoms with van der Waals surface area (Å²) in [5.74, 6) is -0.554. The van der Waals surface area contributed by atoms with Gasteiger partial charge in [0.05, 0.1) is 22.9 Å². The summed E-state index contributed by atoms with van der Waals surface area (Å²) in [6.45, 7) is 0.493. The number of carbonyl (C=O) groups excluding carboxylic acids is 2. The average molecular weight is 719 g/mol. The van der Waals surface area contributed by atoms with Crippen molar-refractivity contribution in [2.45, 2.75) is 32.7 Å². The predicted molar refractivity (Wildman–Crippen MR) is 165 cm³/mol. The molecule has 0 atom stereocenters. The summed E-state index contributed by atoms with van der Waals surface area (Å²) in [7, 11) is 0. The number of ether oxygens (including phenoxy) is 1. The van der Waals surface area contributed by atoms with Crippen molar-refractivity contribution in [1.82, 2.24) is 24.3 Å². The molecular weight excluding hydrogens is 695 g/mol. The number of benzene rings is 3. The molecule has 6 rings (SSSR count). The van der Waals surface area contributed by atoms with Gasteiger partial charge in [0.15, 0.2) is 18.1 Å². The third-order valence-electron chi connectivity index (χ3n) is 7.39. The number of nitrogens with one attached hydrogen (secondary N) is 1. The maximum Gasteiger partial charge on any atom is 0.422 e. The van der Waals surface area contributed by atoms with Crippen LogP contribution in [0.2, 0.25) is 5.02 Å². The molecule has 0 radical (unpaired) electrons. The average Bonchev–Trinajstić information content (AvgIpc) is 3.56. The summed E-state index contributed by atoms with van der Waals surface area (Å²) < 4.78 is 51.6. The van der Waals surface area contributed by atoms with Crippen molar-refractivity contribution >= 4 is 50.4 Å². The van der Waals surface area contributed by atoms with Crippen molar-refractivity contribution in [1.29, 1.82) is 0 Å². The fourth-order valence-electron chi connectivity index (χ4n) is 5.29. The Balaban J connectivity index is 1.36. The van der Waals surface area contributed by atoms with Crippen LogP contribution in [0, 0.1) is 6.92 Å². The van der Waals surface area contributed by atoms with Crippen molar-refractivity contribution in [2.24, 2.45) is 0 Å². The van der Waals surface area contributed by atoms with Crippen LogP contribution in [0.4, 0.5) is 13.2 Å². The number of rotatable bonds is 7. The summed E-state index contributed by atoms with van der Waals surface area (Å²) in [5, 5.41) is 3.21. The number of aryl methyl sites for hydroxylation is 1. The number of para-hydroxylation sites is 1. The Morgan fingerprint density at radius 2 is 1.87 bits per heavy atom. The molecule has 15 heteroatoms. The number of fused-ring (bicyclic) bond motifs is 2. The summed E-state index contributed by atoms with van der Waals surface area (Å²) in [6, 6.07) is 15.5. The van der Waals surface area contributed by atoms with E-state index in [0.717, 1.165) is 0 Å². The van der Waals surface area contributed by atoms with E-state index in [9.17, 15) is 27.6 Å². The largest absolute Gasteiger partial charge is 0.484 e. The zero-order chi connectivity index (χ0) is 32.7. The Morgan fingerprint density at radius 3 is 2.59 bits per heavy atom. The normalized spacial score (nSPS) is 13.1. The quantitative estimate of drug-likeness (QED) is 0.220. The van der Waals surface area contributed by atoms with Gasteiger partial charge in [-0.2, -0.15) is 13.2 Å². The molecule has 1 aliphatic heterocycles. The molecule has 3 heterocycles. The minimum absolute atomic E-state index is 0.0243. The van der Waals surface area contributed by atoms with Crippen molar-refractivity contribution in [3.05, 3.63) is 109 Å². The summed E-state index contributed by atoms with van der Waals surface area (Å²) in [5.41, 5.74) is 2.09. The molecule has 2 aromatic heterocycles. The lowest BCUT2D eigenvalue weighted by Gasteiger charge is -2.28. The number of aromatic nitrogens is 3. The molecule has 238 valence electrons. The van der Waals surface area contributed by atoms with Gasteiger partial charge in [-0.15, -0.1) is 0 Å². The molecule has 1 N–H and O–H groups in total. The maximum atomic E-state index is 13.9. The van der Waals surface area contributed by atoms with Crippen LogP contribution in [0.1, 0.15) is 38.0 Å². The second kappa shape index (κ2) is 12.3. The van der Waals surface area contributed by atoms with Crippen molar-refractivity contribution in [3.8, 4) is 11.4 Å². The smallest absolute Gasteiger partial charge is 0.422 e. The summed E-state index contributed by atoms with van der Waals surface area (Å²) in [4.78, 5) is 47.1. The molecule has 2 amide bonds. The van der Waals surface area contributed by atoms with Gasteiger partial charge in [-0.25, -0.2) is 9.78 Å². The minimum atomic E-state index is -4.53. The lowest BCUT2D eigenvalue weighted by atomic mass is 10.1. The van der Waals surface area contributed by atoms with Crippen LogP contribution >= 0.6 is 27.5 Å². The fourth-order valence-corrected chi connectivity index (χ4v) is 5.72. The molecule has 0 fully saturated rings. The Hall–Kier alpha value is -4.56. The standard InChI is InChI=1S/C31H24BrClF3N5O5/c1-17-38-26-19(3-2-4-25(26)46-17)14-37-28(42)27-24-15-39(29(43)18-5-10-22(32)23(33)13-18)11-12-40(24)30(44)41(27)20-6-8-21(9-7-20)45-16-31(34,35)36/h2-10,13H,11-12,14-16H2,1H3,(H,37,42). The highest BCUT2D eigenvalue weighted by atomic mass is 79.9. The maximum absolute atomic E-state index is 13.9. The number of imidazole rings is 1. The monoisotopic (exact) mass is 717 g/mol. The van der Waals surface area contributed by atoms with Crippen LogP contribution in [-0.2, 0) is 19.6 Å². The molecular formula is C31H24BrClF3N5O5. The number of halogens is 5. The Kier molecular flexibility index (Phi) is 8.42. The van der Waals surface area contributed by atoms with E-state index in [-0.39, 0.29) is 54.9 Å². The van der Waals surface area contributed by atoms with Gasteiger partial charge < -0.3 is 19.4 Å². The van der Waals surface area contributed by atoms with E-state index in [0.29, 0.717) is 37.6 Å². The lowest BCUT2D eigenvalue weighted by molar-refractivity contribution is -0.153. The third-order valence-corrected chi connectivity index (χ3v) is 8.63. The van der Waals surface area contributed by atoms with E-state index in [4.69, 9.17) is 20.8 Å². The second-order valence-corrected chi connectivity index (χ2v) is 11.8. The van der Waals surface area contributed by atoms with Crippen molar-refractivity contribution < 1.29 is 31.9 Å². The van der Waals surface area contributed by atoms with Gasteiger partial charge in [0.25, 0.3) is 11.8 Å².